The highest BCUT2D eigenvalue weighted by Crippen LogP contribution is 2.21. The van der Waals surface area contributed by atoms with E-state index in [1.165, 1.54) is 0 Å². The summed E-state index contributed by atoms with van der Waals surface area (Å²) in [6.07, 6.45) is 7.39. The Hall–Kier alpha value is -0.770. The Bertz CT molecular complexity index is 298. The van der Waals surface area contributed by atoms with Crippen molar-refractivity contribution in [3.05, 3.63) is 22.7 Å². The van der Waals surface area contributed by atoms with Crippen LogP contribution in [0.1, 0.15) is 6.42 Å². The molecule has 14 heavy (non-hydrogen) atoms. The molecule has 1 fully saturated rings. The van der Waals surface area contributed by atoms with Crippen molar-refractivity contribution in [3.8, 4) is 0 Å². The minimum absolute atomic E-state index is 0.0759. The number of hydrogen-bond acceptors (Lipinski definition) is 1. The van der Waals surface area contributed by atoms with Crippen LogP contribution in [0, 0.1) is 5.92 Å². The van der Waals surface area contributed by atoms with E-state index in [1.54, 1.807) is 0 Å². The van der Waals surface area contributed by atoms with Crippen molar-refractivity contribution in [1.82, 2.24) is 10.2 Å². The third-order valence-corrected chi connectivity index (χ3v) is 3.13. The highest BCUT2D eigenvalue weighted by atomic mass is 79.9. The van der Waals surface area contributed by atoms with Crippen LogP contribution in [0.4, 0.5) is 4.79 Å². The normalized spacial score (nSPS) is 26.4. The maximum atomic E-state index is 11.3. The van der Waals surface area contributed by atoms with Crippen LogP contribution in [0.2, 0.25) is 0 Å². The molecule has 1 N–H and O–H groups in total. The fourth-order valence-electron chi connectivity index (χ4n) is 1.74. The molecular weight excluding hydrogens is 244 g/mol. The van der Waals surface area contributed by atoms with Crippen molar-refractivity contribution in [2.24, 2.45) is 5.92 Å². The van der Waals surface area contributed by atoms with Crippen LogP contribution in [0.5, 0.6) is 0 Å². The SMILES string of the molecule is O=C1NCCN1CC1C=CC(Br)=CC1. The van der Waals surface area contributed by atoms with Gasteiger partial charge in [0.15, 0.2) is 0 Å². The lowest BCUT2D eigenvalue weighted by Gasteiger charge is -2.21. The average molecular weight is 257 g/mol. The maximum Gasteiger partial charge on any atom is 0.317 e. The van der Waals surface area contributed by atoms with Crippen LogP contribution in [0.15, 0.2) is 22.7 Å². The molecule has 0 radical (unpaired) electrons. The standard InChI is InChI=1S/C10H13BrN2O/c11-9-3-1-8(2-4-9)7-13-6-5-12-10(13)14/h1,3-4,8H,2,5-7H2,(H,12,14). The monoisotopic (exact) mass is 256 g/mol. The van der Waals surface area contributed by atoms with E-state index in [1.807, 2.05) is 4.90 Å². The van der Waals surface area contributed by atoms with E-state index in [-0.39, 0.29) is 6.03 Å². The van der Waals surface area contributed by atoms with Crippen LogP contribution in [0.3, 0.4) is 0 Å². The van der Waals surface area contributed by atoms with Crippen LogP contribution < -0.4 is 5.32 Å². The van der Waals surface area contributed by atoms with Gasteiger partial charge in [-0.2, -0.15) is 0 Å². The van der Waals surface area contributed by atoms with E-state index in [0.29, 0.717) is 5.92 Å². The summed E-state index contributed by atoms with van der Waals surface area (Å²) in [5, 5.41) is 2.81. The van der Waals surface area contributed by atoms with E-state index < -0.39 is 0 Å². The molecule has 4 heteroatoms. The second-order valence-corrected chi connectivity index (χ2v) is 4.54. The number of carbonyl (C=O) groups is 1. The van der Waals surface area contributed by atoms with Crippen LogP contribution in [0.25, 0.3) is 0 Å². The van der Waals surface area contributed by atoms with E-state index in [0.717, 1.165) is 30.5 Å². The Labute approximate surface area is 92.0 Å². The summed E-state index contributed by atoms with van der Waals surface area (Å²) in [5.74, 6) is 0.472. The second-order valence-electron chi connectivity index (χ2n) is 3.62. The molecule has 1 heterocycles. The summed E-state index contributed by atoms with van der Waals surface area (Å²) in [5.41, 5.74) is 0. The Morgan fingerprint density at radius 1 is 1.64 bits per heavy atom. The molecule has 2 aliphatic rings. The molecule has 76 valence electrons. The molecule has 1 aliphatic carbocycles. The molecule has 2 amide bonds. The van der Waals surface area contributed by atoms with E-state index in [2.05, 4.69) is 39.5 Å². The van der Waals surface area contributed by atoms with Gasteiger partial charge in [0, 0.05) is 24.1 Å². The lowest BCUT2D eigenvalue weighted by molar-refractivity contribution is 0.212. The van der Waals surface area contributed by atoms with Crippen LogP contribution in [-0.4, -0.2) is 30.6 Å². The highest BCUT2D eigenvalue weighted by Gasteiger charge is 2.22. The molecular formula is C10H13BrN2O. The summed E-state index contributed by atoms with van der Waals surface area (Å²) in [6, 6.07) is 0.0759. The first-order valence-electron chi connectivity index (χ1n) is 4.82. The third kappa shape index (κ3) is 2.18. The summed E-state index contributed by atoms with van der Waals surface area (Å²) in [4.78, 5) is 13.2. The van der Waals surface area contributed by atoms with Gasteiger partial charge < -0.3 is 10.2 Å². The number of allylic oxidation sites excluding steroid dienone is 3. The minimum atomic E-state index is 0.0759. The summed E-state index contributed by atoms with van der Waals surface area (Å²) in [6.45, 7) is 2.46. The smallest absolute Gasteiger partial charge is 0.317 e. The number of hydrogen-bond donors (Lipinski definition) is 1. The number of urea groups is 1. The maximum absolute atomic E-state index is 11.3. The molecule has 0 aromatic rings. The van der Waals surface area contributed by atoms with Crippen molar-refractivity contribution in [1.29, 1.82) is 0 Å². The lowest BCUT2D eigenvalue weighted by atomic mass is 10.0. The molecule has 3 nitrogen and oxygen atoms in total. The predicted octanol–water partition coefficient (Wildman–Crippen LogP) is 1.87. The molecule has 0 aromatic heterocycles. The fraction of sp³-hybridized carbons (Fsp3) is 0.500. The van der Waals surface area contributed by atoms with Crippen molar-refractivity contribution in [2.75, 3.05) is 19.6 Å². The number of nitrogens with one attached hydrogen (secondary N) is 1. The molecule has 0 bridgehead atoms. The van der Waals surface area contributed by atoms with Crippen molar-refractivity contribution in [2.45, 2.75) is 6.42 Å². The Balaban J connectivity index is 1.87. The quantitative estimate of drug-likeness (QED) is 0.804. The zero-order chi connectivity index (χ0) is 9.97. The first-order valence-corrected chi connectivity index (χ1v) is 5.61. The number of halogens is 1. The van der Waals surface area contributed by atoms with E-state index in [9.17, 15) is 4.79 Å². The second kappa shape index (κ2) is 4.17. The van der Waals surface area contributed by atoms with Gasteiger partial charge in [-0.1, -0.05) is 34.2 Å². The molecule has 0 saturated carbocycles. The largest absolute Gasteiger partial charge is 0.336 e. The Morgan fingerprint density at radius 3 is 3.07 bits per heavy atom. The van der Waals surface area contributed by atoms with Gasteiger partial charge >= 0.3 is 6.03 Å². The molecule has 1 atom stereocenters. The fourth-order valence-corrected chi connectivity index (χ4v) is 2.08. The van der Waals surface area contributed by atoms with Gasteiger partial charge in [-0.3, -0.25) is 0 Å². The highest BCUT2D eigenvalue weighted by molar-refractivity contribution is 9.11. The van der Waals surface area contributed by atoms with Gasteiger partial charge in [-0.25, -0.2) is 4.79 Å². The van der Waals surface area contributed by atoms with E-state index in [4.69, 9.17) is 0 Å². The van der Waals surface area contributed by atoms with Gasteiger partial charge in [0.25, 0.3) is 0 Å². The van der Waals surface area contributed by atoms with Gasteiger partial charge in [-0.05, 0) is 12.3 Å². The van der Waals surface area contributed by atoms with Gasteiger partial charge in [0.2, 0.25) is 0 Å². The first-order chi connectivity index (χ1) is 6.75. The Morgan fingerprint density at radius 2 is 2.50 bits per heavy atom. The summed E-state index contributed by atoms with van der Waals surface area (Å²) >= 11 is 3.42. The minimum Gasteiger partial charge on any atom is -0.336 e. The van der Waals surface area contributed by atoms with Crippen LogP contribution in [-0.2, 0) is 0 Å². The lowest BCUT2D eigenvalue weighted by Crippen LogP contribution is -2.32. The van der Waals surface area contributed by atoms with Gasteiger partial charge in [0.1, 0.15) is 0 Å². The number of nitrogens with zero attached hydrogens (tertiary/aromatic N) is 1. The molecule has 0 spiro atoms. The summed E-state index contributed by atoms with van der Waals surface area (Å²) < 4.78 is 1.14. The van der Waals surface area contributed by atoms with E-state index >= 15 is 0 Å². The molecule has 2 rings (SSSR count). The zero-order valence-electron chi connectivity index (χ0n) is 7.87. The van der Waals surface area contributed by atoms with Crippen molar-refractivity contribution >= 4 is 22.0 Å². The number of rotatable bonds is 2. The van der Waals surface area contributed by atoms with Crippen molar-refractivity contribution in [3.63, 3.8) is 0 Å². The summed E-state index contributed by atoms with van der Waals surface area (Å²) in [7, 11) is 0. The predicted molar refractivity (Wildman–Crippen MR) is 59.2 cm³/mol. The molecule has 1 aliphatic heterocycles. The van der Waals surface area contributed by atoms with Crippen LogP contribution >= 0.6 is 15.9 Å². The first kappa shape index (κ1) is 9.77. The Kier molecular flexibility index (Phi) is 2.91. The van der Waals surface area contributed by atoms with Gasteiger partial charge in [0.05, 0.1) is 0 Å². The van der Waals surface area contributed by atoms with Gasteiger partial charge in [-0.15, -0.1) is 0 Å². The van der Waals surface area contributed by atoms with Crippen molar-refractivity contribution < 1.29 is 4.79 Å². The zero-order valence-corrected chi connectivity index (χ0v) is 9.46. The average Bonchev–Trinajstić information content (AvgIpc) is 2.56. The number of carbonyl (C=O) groups excluding carboxylic acids is 1. The topological polar surface area (TPSA) is 32.3 Å². The molecule has 0 aromatic carbocycles. The molecule has 1 saturated heterocycles. The third-order valence-electron chi connectivity index (χ3n) is 2.54. The molecule has 1 unspecified atom stereocenters. The number of amides is 2.